The van der Waals surface area contributed by atoms with E-state index in [1.54, 1.807) is 6.92 Å². The van der Waals surface area contributed by atoms with Crippen LogP contribution in [0.25, 0.3) is 0 Å². The zero-order chi connectivity index (χ0) is 27.4. The summed E-state index contributed by atoms with van der Waals surface area (Å²) in [5.41, 5.74) is 5.79. The van der Waals surface area contributed by atoms with Crippen LogP contribution in [0.5, 0.6) is 0 Å². The van der Waals surface area contributed by atoms with Gasteiger partial charge in [-0.15, -0.1) is 0 Å². The van der Waals surface area contributed by atoms with E-state index in [1.165, 1.54) is 19.3 Å². The number of nitrogens with two attached hydrogens (primary N) is 1. The highest BCUT2D eigenvalue weighted by molar-refractivity contribution is 5.87. The van der Waals surface area contributed by atoms with E-state index in [-0.39, 0.29) is 13.2 Å². The van der Waals surface area contributed by atoms with Gasteiger partial charge < -0.3 is 20.0 Å². The fraction of sp³-hybridized carbons (Fsp3) is 0.355. The predicted octanol–water partition coefficient (Wildman–Crippen LogP) is 4.49. The maximum atomic E-state index is 14.6. The molecule has 3 rings (SSSR count). The third-order valence-electron chi connectivity index (χ3n) is 6.99. The van der Waals surface area contributed by atoms with Gasteiger partial charge in [0.15, 0.2) is 5.54 Å². The number of nitrogens with zero attached hydrogens (tertiary/aromatic N) is 1. The lowest BCUT2D eigenvalue weighted by Gasteiger charge is -2.53. The fourth-order valence-electron chi connectivity index (χ4n) is 5.45. The van der Waals surface area contributed by atoms with Gasteiger partial charge in [-0.05, 0) is 49.4 Å². The van der Waals surface area contributed by atoms with Crippen molar-refractivity contribution in [2.24, 2.45) is 5.73 Å². The van der Waals surface area contributed by atoms with E-state index < -0.39 is 22.9 Å². The van der Waals surface area contributed by atoms with Crippen LogP contribution in [-0.4, -0.2) is 56.5 Å². The quantitative estimate of drug-likeness (QED) is 0.146. The highest BCUT2D eigenvalue weighted by atomic mass is 16.7. The Kier molecular flexibility index (Phi) is 10.6. The van der Waals surface area contributed by atoms with Crippen LogP contribution >= 0.6 is 0 Å². The molecule has 3 aromatic rings. The van der Waals surface area contributed by atoms with E-state index in [0.29, 0.717) is 25.8 Å². The van der Waals surface area contributed by atoms with E-state index in [2.05, 4.69) is 0 Å². The number of benzene rings is 3. The molecule has 0 radical (unpaired) electrons. The number of esters is 2. The second-order valence-electron chi connectivity index (χ2n) is 8.97. The van der Waals surface area contributed by atoms with Crippen molar-refractivity contribution in [3.63, 3.8) is 0 Å². The van der Waals surface area contributed by atoms with Gasteiger partial charge in [-0.2, -0.15) is 5.06 Å². The van der Waals surface area contributed by atoms with Crippen LogP contribution in [-0.2, 0) is 29.3 Å². The van der Waals surface area contributed by atoms with E-state index in [1.807, 2.05) is 91.0 Å². The Morgan fingerprint density at radius 1 is 0.789 bits per heavy atom. The summed E-state index contributed by atoms with van der Waals surface area (Å²) in [5, 5.41) is 1.44. The second kappa shape index (κ2) is 13.9. The molecule has 0 aromatic heterocycles. The molecule has 0 saturated carbocycles. The molecule has 0 amide bonds. The molecule has 0 unspecified atom stereocenters. The van der Waals surface area contributed by atoms with E-state index in [0.717, 1.165) is 16.7 Å². The molecule has 7 nitrogen and oxygen atoms in total. The van der Waals surface area contributed by atoms with Crippen molar-refractivity contribution in [2.45, 2.75) is 37.1 Å². The van der Waals surface area contributed by atoms with Crippen molar-refractivity contribution in [1.29, 1.82) is 0 Å². The van der Waals surface area contributed by atoms with Crippen LogP contribution in [0.15, 0.2) is 91.0 Å². The Labute approximate surface area is 225 Å². The van der Waals surface area contributed by atoms with Gasteiger partial charge >= 0.3 is 11.9 Å². The number of rotatable bonds is 14. The monoisotopic (exact) mass is 518 g/mol. The molecule has 38 heavy (non-hydrogen) atoms. The Balaban J connectivity index is 2.58. The Hall–Kier alpha value is -3.52. The molecule has 202 valence electrons. The van der Waals surface area contributed by atoms with Gasteiger partial charge in [0, 0.05) is 0 Å². The molecule has 0 aliphatic carbocycles. The minimum atomic E-state index is -1.52. The molecule has 3 aromatic carbocycles. The predicted molar refractivity (Wildman–Crippen MR) is 147 cm³/mol. The van der Waals surface area contributed by atoms with Crippen molar-refractivity contribution in [2.75, 3.05) is 33.9 Å². The summed E-state index contributed by atoms with van der Waals surface area (Å²) >= 11 is 0. The van der Waals surface area contributed by atoms with Gasteiger partial charge in [0.2, 0.25) is 0 Å². The number of hydrogen-bond acceptors (Lipinski definition) is 7. The normalized spacial score (nSPS) is 13.1. The number of methoxy groups -OCH3 is 1. The first-order valence-electron chi connectivity index (χ1n) is 12.9. The number of unbranched alkanes of at least 4 members (excludes halogenated alkanes) is 1. The Bertz CT molecular complexity index is 1040. The first-order chi connectivity index (χ1) is 18.5. The molecular formula is C31H38N2O5. The van der Waals surface area contributed by atoms with E-state index in [4.69, 9.17) is 20.0 Å². The minimum Gasteiger partial charge on any atom is -0.468 e. The number of carbonyl (C=O) groups excluding carboxylic acids is 2. The molecule has 0 heterocycles. The largest absolute Gasteiger partial charge is 0.468 e. The number of hydroxylamine groups is 2. The van der Waals surface area contributed by atoms with Crippen LogP contribution in [0.3, 0.4) is 0 Å². The fourth-order valence-corrected chi connectivity index (χ4v) is 5.45. The Morgan fingerprint density at radius 3 is 1.63 bits per heavy atom. The topological polar surface area (TPSA) is 91.1 Å². The van der Waals surface area contributed by atoms with Crippen molar-refractivity contribution in [3.05, 3.63) is 108 Å². The highest BCUT2D eigenvalue weighted by Gasteiger charge is 2.64. The first-order valence-corrected chi connectivity index (χ1v) is 12.9. The Morgan fingerprint density at radius 2 is 1.26 bits per heavy atom. The minimum absolute atomic E-state index is 0.154. The highest BCUT2D eigenvalue weighted by Crippen LogP contribution is 2.53. The molecule has 1 atom stereocenters. The SMILES string of the molecule is CCOC(=O)[C@](CCCCN)(N(CC(=O)OC)OC)C(c1ccccc1)(c1ccccc1)c1ccccc1. The van der Waals surface area contributed by atoms with Crippen LogP contribution in [0, 0.1) is 0 Å². The van der Waals surface area contributed by atoms with Gasteiger partial charge in [-0.25, -0.2) is 4.79 Å². The van der Waals surface area contributed by atoms with Crippen molar-refractivity contribution >= 4 is 11.9 Å². The van der Waals surface area contributed by atoms with Crippen LogP contribution in [0.1, 0.15) is 42.9 Å². The summed E-state index contributed by atoms with van der Waals surface area (Å²) in [7, 11) is 2.78. The summed E-state index contributed by atoms with van der Waals surface area (Å²) in [4.78, 5) is 33.3. The number of carbonyl (C=O) groups is 2. The zero-order valence-electron chi connectivity index (χ0n) is 22.5. The average Bonchev–Trinajstić information content (AvgIpc) is 2.97. The second-order valence-corrected chi connectivity index (χ2v) is 8.97. The molecule has 0 bridgehead atoms. The van der Waals surface area contributed by atoms with Crippen LogP contribution in [0.4, 0.5) is 0 Å². The van der Waals surface area contributed by atoms with Crippen molar-refractivity contribution < 1.29 is 23.9 Å². The third kappa shape index (κ3) is 5.50. The molecule has 2 N–H and O–H groups in total. The van der Waals surface area contributed by atoms with E-state index in [9.17, 15) is 9.59 Å². The van der Waals surface area contributed by atoms with Crippen LogP contribution < -0.4 is 5.73 Å². The summed E-state index contributed by atoms with van der Waals surface area (Å²) < 4.78 is 10.9. The van der Waals surface area contributed by atoms with Gasteiger partial charge in [0.1, 0.15) is 6.54 Å². The first kappa shape index (κ1) is 29.0. The summed E-state index contributed by atoms with van der Waals surface area (Å²) in [6.45, 7) is 2.09. The molecule has 0 saturated heterocycles. The average molecular weight is 519 g/mol. The molecular weight excluding hydrogens is 480 g/mol. The maximum Gasteiger partial charge on any atom is 0.330 e. The van der Waals surface area contributed by atoms with Gasteiger partial charge in [-0.3, -0.25) is 4.79 Å². The van der Waals surface area contributed by atoms with Crippen molar-refractivity contribution in [1.82, 2.24) is 5.06 Å². The lowest BCUT2D eigenvalue weighted by molar-refractivity contribution is -0.233. The third-order valence-corrected chi connectivity index (χ3v) is 6.99. The maximum absolute atomic E-state index is 14.6. The molecule has 7 heteroatoms. The summed E-state index contributed by atoms with van der Waals surface area (Å²) in [5.74, 6) is -1.04. The van der Waals surface area contributed by atoms with Gasteiger partial charge in [-0.1, -0.05) is 91.0 Å². The smallest absolute Gasteiger partial charge is 0.330 e. The molecule has 0 spiro atoms. The lowest BCUT2D eigenvalue weighted by atomic mass is 9.56. The molecule has 0 fully saturated rings. The summed E-state index contributed by atoms with van der Waals surface area (Å²) in [6, 6.07) is 29.5. The standard InChI is InChI=1S/C31H38N2O5/c1-4-38-29(35)30(22-14-15-23-32,33(37-3)24-28(34)36-2)31(25-16-8-5-9-17-25,26-18-10-6-11-19-26)27-20-12-7-13-21-27/h5-13,16-21H,4,14-15,22-24,32H2,1-3H3/t30-/m0/s1. The number of ether oxygens (including phenoxy) is 2. The summed E-state index contributed by atoms with van der Waals surface area (Å²) in [6.07, 6.45) is 1.56. The molecule has 0 aliphatic rings. The van der Waals surface area contributed by atoms with Gasteiger partial charge in [0.05, 0.1) is 26.2 Å². The lowest BCUT2D eigenvalue weighted by Crippen LogP contribution is -2.68. The van der Waals surface area contributed by atoms with Gasteiger partial charge in [0.25, 0.3) is 0 Å². The van der Waals surface area contributed by atoms with Crippen molar-refractivity contribution in [3.8, 4) is 0 Å². The number of hydrogen-bond donors (Lipinski definition) is 1. The van der Waals surface area contributed by atoms with Crippen LogP contribution in [0.2, 0.25) is 0 Å². The zero-order valence-corrected chi connectivity index (χ0v) is 22.5. The van der Waals surface area contributed by atoms with E-state index >= 15 is 0 Å². The molecule has 0 aliphatic heterocycles.